The summed E-state index contributed by atoms with van der Waals surface area (Å²) in [5, 5.41) is 0. The predicted molar refractivity (Wildman–Crippen MR) is 111 cm³/mol. The summed E-state index contributed by atoms with van der Waals surface area (Å²) in [6.45, 7) is 0. The Kier molecular flexibility index (Phi) is 7.82. The number of benzene rings is 1. The molecule has 2 aliphatic carbocycles. The summed E-state index contributed by atoms with van der Waals surface area (Å²) in [5.41, 5.74) is 10.5. The lowest BCUT2D eigenvalue weighted by molar-refractivity contribution is -0.127. The number of amides is 4. The first-order chi connectivity index (χ1) is 14.5. The molecule has 0 radical (unpaired) electrons. The maximum absolute atomic E-state index is 12.2. The van der Waals surface area contributed by atoms with Gasteiger partial charge in [0.1, 0.15) is 0 Å². The summed E-state index contributed by atoms with van der Waals surface area (Å²) in [6, 6.07) is 6.00. The van der Waals surface area contributed by atoms with Crippen LogP contribution in [-0.4, -0.2) is 23.6 Å². The zero-order valence-corrected chi connectivity index (χ0v) is 17.2. The zero-order valence-electron chi connectivity index (χ0n) is 17.2. The Bertz CT molecular complexity index is 701. The van der Waals surface area contributed by atoms with Crippen molar-refractivity contribution >= 4 is 23.6 Å². The van der Waals surface area contributed by atoms with E-state index in [4.69, 9.17) is 0 Å². The first kappa shape index (κ1) is 21.8. The number of hydrogen-bond donors (Lipinski definition) is 4. The van der Waals surface area contributed by atoms with E-state index in [0.29, 0.717) is 11.1 Å². The van der Waals surface area contributed by atoms with Crippen LogP contribution in [0.3, 0.4) is 0 Å². The van der Waals surface area contributed by atoms with Crippen LogP contribution in [-0.2, 0) is 9.59 Å². The molecule has 2 aliphatic rings. The maximum atomic E-state index is 12.2. The molecule has 0 atom stereocenters. The van der Waals surface area contributed by atoms with Crippen molar-refractivity contribution in [1.29, 1.82) is 0 Å². The van der Waals surface area contributed by atoms with Crippen molar-refractivity contribution in [3.8, 4) is 0 Å². The lowest BCUT2D eigenvalue weighted by Crippen LogP contribution is -2.45. The van der Waals surface area contributed by atoms with Gasteiger partial charge >= 0.3 is 0 Å². The fourth-order valence-corrected chi connectivity index (χ4v) is 4.09. The van der Waals surface area contributed by atoms with Gasteiger partial charge in [0.2, 0.25) is 11.8 Å². The van der Waals surface area contributed by atoms with Crippen molar-refractivity contribution in [3.63, 3.8) is 0 Å². The topological polar surface area (TPSA) is 116 Å². The number of nitrogens with one attached hydrogen (secondary N) is 4. The van der Waals surface area contributed by atoms with Crippen LogP contribution in [0.25, 0.3) is 0 Å². The summed E-state index contributed by atoms with van der Waals surface area (Å²) in [5.74, 6) is -1.31. The van der Waals surface area contributed by atoms with E-state index >= 15 is 0 Å². The van der Waals surface area contributed by atoms with E-state index in [9.17, 15) is 19.2 Å². The number of rotatable bonds is 4. The van der Waals surface area contributed by atoms with Gasteiger partial charge in [0.15, 0.2) is 0 Å². The van der Waals surface area contributed by atoms with E-state index in [1.807, 2.05) is 0 Å². The van der Waals surface area contributed by atoms with Crippen molar-refractivity contribution in [2.45, 2.75) is 64.2 Å². The summed E-state index contributed by atoms with van der Waals surface area (Å²) < 4.78 is 0. The minimum absolute atomic E-state index is 0.0473. The molecule has 8 nitrogen and oxygen atoms in total. The van der Waals surface area contributed by atoms with Crippen molar-refractivity contribution in [3.05, 3.63) is 35.4 Å². The monoisotopic (exact) mass is 414 g/mol. The van der Waals surface area contributed by atoms with Crippen molar-refractivity contribution in [2.75, 3.05) is 0 Å². The highest BCUT2D eigenvalue weighted by Gasteiger charge is 2.22. The molecule has 4 amide bonds. The van der Waals surface area contributed by atoms with Gasteiger partial charge in [0.25, 0.3) is 11.8 Å². The molecule has 2 fully saturated rings. The Morgan fingerprint density at radius 3 is 1.20 bits per heavy atom. The Balaban J connectivity index is 1.43. The molecule has 0 spiro atoms. The molecule has 0 unspecified atom stereocenters. The highest BCUT2D eigenvalue weighted by atomic mass is 16.2. The van der Waals surface area contributed by atoms with Gasteiger partial charge in [-0.3, -0.25) is 40.9 Å². The third-order valence-electron chi connectivity index (χ3n) is 5.96. The number of carbonyl (C=O) groups is 4. The second-order valence-electron chi connectivity index (χ2n) is 8.13. The fraction of sp³-hybridized carbons (Fsp3) is 0.545. The molecule has 0 bridgehead atoms. The second kappa shape index (κ2) is 10.8. The molecule has 4 N–H and O–H groups in total. The van der Waals surface area contributed by atoms with E-state index in [2.05, 4.69) is 21.7 Å². The first-order valence-electron chi connectivity index (χ1n) is 10.8. The fourth-order valence-electron chi connectivity index (χ4n) is 4.09. The molecule has 2 saturated carbocycles. The van der Waals surface area contributed by atoms with Gasteiger partial charge < -0.3 is 0 Å². The van der Waals surface area contributed by atoms with Crippen LogP contribution in [0.4, 0.5) is 0 Å². The highest BCUT2D eigenvalue weighted by molar-refractivity contribution is 5.99. The van der Waals surface area contributed by atoms with Crippen molar-refractivity contribution in [1.82, 2.24) is 21.7 Å². The summed E-state index contributed by atoms with van der Waals surface area (Å²) in [4.78, 5) is 48.7. The largest absolute Gasteiger partial charge is 0.273 e. The Morgan fingerprint density at radius 2 is 0.867 bits per heavy atom. The molecule has 0 aliphatic heterocycles. The molecule has 3 rings (SSSR count). The van der Waals surface area contributed by atoms with Crippen LogP contribution in [0.2, 0.25) is 0 Å². The van der Waals surface area contributed by atoms with Crippen LogP contribution in [0.15, 0.2) is 24.3 Å². The molecule has 1 aromatic rings. The Labute approximate surface area is 176 Å². The minimum Gasteiger partial charge on any atom is -0.273 e. The first-order valence-corrected chi connectivity index (χ1v) is 10.8. The Morgan fingerprint density at radius 1 is 0.533 bits per heavy atom. The highest BCUT2D eigenvalue weighted by Crippen LogP contribution is 2.24. The standard InChI is InChI=1S/C22H30N4O4/c27-19(15-7-3-1-4-8-15)23-25-21(29)17-11-13-18(14-12-17)22(30)26-24-20(28)16-9-5-2-6-10-16/h11-16H,1-10H2,(H,23,27)(H,24,28)(H,25,29)(H,26,30). The van der Waals surface area contributed by atoms with Gasteiger partial charge in [0, 0.05) is 23.0 Å². The van der Waals surface area contributed by atoms with E-state index in [-0.39, 0.29) is 23.7 Å². The van der Waals surface area contributed by atoms with E-state index in [1.54, 1.807) is 0 Å². The summed E-state index contributed by atoms with van der Waals surface area (Å²) in [6.07, 6.45) is 9.86. The van der Waals surface area contributed by atoms with E-state index in [0.717, 1.165) is 64.2 Å². The van der Waals surface area contributed by atoms with Crippen molar-refractivity contribution in [2.24, 2.45) is 11.8 Å². The Hall–Kier alpha value is -2.90. The quantitative estimate of drug-likeness (QED) is 0.566. The van der Waals surface area contributed by atoms with Crippen LogP contribution in [0, 0.1) is 11.8 Å². The maximum Gasteiger partial charge on any atom is 0.269 e. The molecular formula is C22H30N4O4. The number of hydrogen-bond acceptors (Lipinski definition) is 4. The second-order valence-corrected chi connectivity index (χ2v) is 8.13. The third kappa shape index (κ3) is 6.05. The van der Waals surface area contributed by atoms with Crippen molar-refractivity contribution < 1.29 is 19.2 Å². The summed E-state index contributed by atoms with van der Waals surface area (Å²) >= 11 is 0. The molecule has 30 heavy (non-hydrogen) atoms. The number of hydrazine groups is 2. The van der Waals surface area contributed by atoms with Crippen LogP contribution < -0.4 is 21.7 Å². The molecule has 0 saturated heterocycles. The SMILES string of the molecule is O=C(NNC(=O)C1CCCCC1)c1ccc(C(=O)NNC(=O)C2CCCCC2)cc1. The normalized spacial score (nSPS) is 17.6. The lowest BCUT2D eigenvalue weighted by Gasteiger charge is -2.21. The molecule has 162 valence electrons. The number of carbonyl (C=O) groups excluding carboxylic acids is 4. The molecule has 0 aromatic heterocycles. The van der Waals surface area contributed by atoms with Crippen LogP contribution in [0.5, 0.6) is 0 Å². The van der Waals surface area contributed by atoms with Gasteiger partial charge in [-0.25, -0.2) is 0 Å². The van der Waals surface area contributed by atoms with Gasteiger partial charge in [0.05, 0.1) is 0 Å². The van der Waals surface area contributed by atoms with Gasteiger partial charge in [-0.15, -0.1) is 0 Å². The van der Waals surface area contributed by atoms with E-state index in [1.165, 1.54) is 24.3 Å². The van der Waals surface area contributed by atoms with Gasteiger partial charge in [-0.05, 0) is 49.9 Å². The smallest absolute Gasteiger partial charge is 0.269 e. The van der Waals surface area contributed by atoms with Crippen LogP contribution >= 0.6 is 0 Å². The zero-order chi connectivity index (χ0) is 21.3. The minimum atomic E-state index is -0.447. The third-order valence-corrected chi connectivity index (χ3v) is 5.96. The average molecular weight is 415 g/mol. The van der Waals surface area contributed by atoms with E-state index < -0.39 is 11.8 Å². The molecular weight excluding hydrogens is 384 g/mol. The van der Waals surface area contributed by atoms with Crippen LogP contribution in [0.1, 0.15) is 84.9 Å². The van der Waals surface area contributed by atoms with Gasteiger partial charge in [-0.2, -0.15) is 0 Å². The molecule has 8 heteroatoms. The molecule has 1 aromatic carbocycles. The average Bonchev–Trinajstić information content (AvgIpc) is 2.81. The van der Waals surface area contributed by atoms with Gasteiger partial charge in [-0.1, -0.05) is 38.5 Å². The molecule has 0 heterocycles. The predicted octanol–water partition coefficient (Wildman–Crippen LogP) is 2.37. The lowest BCUT2D eigenvalue weighted by atomic mass is 9.89. The summed E-state index contributed by atoms with van der Waals surface area (Å²) in [7, 11) is 0.